The lowest BCUT2D eigenvalue weighted by molar-refractivity contribution is 0.382. The van der Waals surface area contributed by atoms with Gasteiger partial charge in [-0.1, -0.05) is 6.92 Å². The van der Waals surface area contributed by atoms with Crippen molar-refractivity contribution in [1.82, 2.24) is 5.32 Å². The third kappa shape index (κ3) is 5.08. The van der Waals surface area contributed by atoms with Crippen molar-refractivity contribution in [3.8, 4) is 0 Å². The minimum Gasteiger partial charge on any atom is -0.316 e. The predicted molar refractivity (Wildman–Crippen MR) is 63.2 cm³/mol. The van der Waals surface area contributed by atoms with Crippen molar-refractivity contribution in [2.75, 3.05) is 36.1 Å². The van der Waals surface area contributed by atoms with Crippen molar-refractivity contribution in [3.63, 3.8) is 0 Å². The normalized spacial score (nSPS) is 19.8. The molecule has 1 rings (SSSR count). The molecule has 4 nitrogen and oxygen atoms in total. The van der Waals surface area contributed by atoms with Crippen LogP contribution < -0.4 is 5.32 Å². The molecular formula is C9H19NO3S2. The highest BCUT2D eigenvalue weighted by Crippen LogP contribution is 2.06. The molecular weight excluding hydrogens is 234 g/mol. The summed E-state index contributed by atoms with van der Waals surface area (Å²) in [6.45, 7) is 3.56. The van der Waals surface area contributed by atoms with Crippen LogP contribution >= 0.6 is 0 Å². The van der Waals surface area contributed by atoms with Crippen LogP contribution in [0, 0.1) is 5.92 Å². The van der Waals surface area contributed by atoms with Gasteiger partial charge in [-0.2, -0.15) is 0 Å². The Balaban J connectivity index is 2.11. The zero-order valence-corrected chi connectivity index (χ0v) is 10.7. The molecule has 0 spiro atoms. The minimum absolute atomic E-state index is 0.179. The molecule has 1 unspecified atom stereocenters. The summed E-state index contributed by atoms with van der Waals surface area (Å²) in [5.41, 5.74) is 0. The van der Waals surface area contributed by atoms with Gasteiger partial charge in [0.25, 0.3) is 0 Å². The molecule has 0 aliphatic carbocycles. The molecule has 1 heterocycles. The summed E-state index contributed by atoms with van der Waals surface area (Å²) in [6, 6.07) is 0. The molecule has 15 heavy (non-hydrogen) atoms. The predicted octanol–water partition coefficient (Wildman–Crippen LogP) is -0.221. The van der Waals surface area contributed by atoms with E-state index in [2.05, 4.69) is 5.32 Å². The Hall–Kier alpha value is 0.0600. The van der Waals surface area contributed by atoms with E-state index >= 15 is 0 Å². The molecule has 1 aliphatic heterocycles. The van der Waals surface area contributed by atoms with Crippen LogP contribution in [-0.2, 0) is 20.6 Å². The maximum absolute atomic E-state index is 11.5. The van der Waals surface area contributed by atoms with E-state index in [1.807, 2.05) is 0 Å². The van der Waals surface area contributed by atoms with Gasteiger partial charge in [0.05, 0.1) is 5.75 Å². The van der Waals surface area contributed by atoms with Crippen LogP contribution in [0.1, 0.15) is 13.3 Å². The molecule has 0 aromatic heterocycles. The Kier molecular flexibility index (Phi) is 5.22. The lowest BCUT2D eigenvalue weighted by Crippen LogP contribution is -2.45. The Morgan fingerprint density at radius 2 is 2.07 bits per heavy atom. The van der Waals surface area contributed by atoms with Crippen molar-refractivity contribution in [2.45, 2.75) is 13.3 Å². The average Bonchev–Trinajstić information content (AvgIpc) is 2.11. The average molecular weight is 253 g/mol. The van der Waals surface area contributed by atoms with E-state index in [1.54, 1.807) is 6.92 Å². The summed E-state index contributed by atoms with van der Waals surface area (Å²) in [4.78, 5) is 0. The second-order valence-corrected chi connectivity index (χ2v) is 8.02. The zero-order valence-electron chi connectivity index (χ0n) is 9.07. The Morgan fingerprint density at radius 3 is 2.53 bits per heavy atom. The van der Waals surface area contributed by atoms with Gasteiger partial charge in [-0.3, -0.25) is 4.21 Å². The first-order valence-corrected chi connectivity index (χ1v) is 8.60. The van der Waals surface area contributed by atoms with Crippen molar-refractivity contribution in [3.05, 3.63) is 0 Å². The van der Waals surface area contributed by atoms with Gasteiger partial charge in [-0.15, -0.1) is 0 Å². The van der Waals surface area contributed by atoms with Crippen LogP contribution in [0.4, 0.5) is 0 Å². The minimum atomic E-state index is -2.88. The van der Waals surface area contributed by atoms with Crippen molar-refractivity contribution >= 4 is 20.6 Å². The van der Waals surface area contributed by atoms with E-state index < -0.39 is 20.6 Å². The third-order valence-corrected chi connectivity index (χ3v) is 5.93. The third-order valence-electron chi connectivity index (χ3n) is 2.55. The Morgan fingerprint density at radius 1 is 1.40 bits per heavy atom. The van der Waals surface area contributed by atoms with Crippen LogP contribution in [0.2, 0.25) is 0 Å². The molecule has 6 heteroatoms. The van der Waals surface area contributed by atoms with Gasteiger partial charge in [-0.05, 0) is 12.3 Å². The molecule has 1 N–H and O–H groups in total. The topological polar surface area (TPSA) is 63.2 Å². The van der Waals surface area contributed by atoms with Gasteiger partial charge in [0, 0.05) is 41.1 Å². The highest BCUT2D eigenvalue weighted by molar-refractivity contribution is 7.91. The van der Waals surface area contributed by atoms with E-state index in [4.69, 9.17) is 0 Å². The van der Waals surface area contributed by atoms with Crippen molar-refractivity contribution in [1.29, 1.82) is 0 Å². The largest absolute Gasteiger partial charge is 0.316 e. The van der Waals surface area contributed by atoms with E-state index in [0.717, 1.165) is 18.8 Å². The number of hydrogen-bond acceptors (Lipinski definition) is 4. The molecule has 1 fully saturated rings. The van der Waals surface area contributed by atoms with Crippen LogP contribution in [0.15, 0.2) is 0 Å². The lowest BCUT2D eigenvalue weighted by atomic mass is 10.1. The maximum Gasteiger partial charge on any atom is 0.150 e. The molecule has 1 saturated heterocycles. The Bertz CT molecular complexity index is 309. The number of sulfone groups is 1. The van der Waals surface area contributed by atoms with Crippen molar-refractivity contribution < 1.29 is 12.6 Å². The van der Waals surface area contributed by atoms with Gasteiger partial charge in [0.2, 0.25) is 0 Å². The smallest absolute Gasteiger partial charge is 0.150 e. The fourth-order valence-electron chi connectivity index (χ4n) is 1.40. The highest BCUT2D eigenvalue weighted by atomic mass is 32.2. The van der Waals surface area contributed by atoms with E-state index in [1.165, 1.54) is 0 Å². The van der Waals surface area contributed by atoms with Crippen LogP contribution in [0.25, 0.3) is 0 Å². The van der Waals surface area contributed by atoms with Gasteiger partial charge < -0.3 is 5.32 Å². The summed E-state index contributed by atoms with van der Waals surface area (Å²) in [6.07, 6.45) is 0.531. The quantitative estimate of drug-likeness (QED) is 0.681. The molecule has 0 saturated carbocycles. The number of nitrogens with one attached hydrogen (secondary N) is 1. The summed E-state index contributed by atoms with van der Waals surface area (Å²) < 4.78 is 33.8. The van der Waals surface area contributed by atoms with Gasteiger partial charge in [0.15, 0.2) is 0 Å². The van der Waals surface area contributed by atoms with Crippen LogP contribution in [0.3, 0.4) is 0 Å². The fraction of sp³-hybridized carbons (Fsp3) is 1.00. The van der Waals surface area contributed by atoms with Crippen LogP contribution in [-0.4, -0.2) is 48.7 Å². The summed E-state index contributed by atoms with van der Waals surface area (Å²) in [5, 5.41) is 3.13. The first-order valence-electron chi connectivity index (χ1n) is 5.29. The fourth-order valence-corrected chi connectivity index (χ4v) is 3.85. The molecule has 0 amide bonds. The molecule has 0 aromatic rings. The zero-order chi connectivity index (χ0) is 11.3. The lowest BCUT2D eigenvalue weighted by Gasteiger charge is -2.26. The molecule has 0 bridgehead atoms. The van der Waals surface area contributed by atoms with Crippen molar-refractivity contribution in [2.24, 2.45) is 5.92 Å². The molecule has 1 aliphatic rings. The van der Waals surface area contributed by atoms with Crippen LogP contribution in [0.5, 0.6) is 0 Å². The van der Waals surface area contributed by atoms with E-state index in [-0.39, 0.29) is 11.5 Å². The monoisotopic (exact) mass is 253 g/mol. The van der Waals surface area contributed by atoms with Gasteiger partial charge >= 0.3 is 0 Å². The highest BCUT2D eigenvalue weighted by Gasteiger charge is 2.19. The van der Waals surface area contributed by atoms with Gasteiger partial charge in [-0.25, -0.2) is 8.42 Å². The maximum atomic E-state index is 11.5. The Labute approximate surface area is 94.2 Å². The molecule has 0 aromatic carbocycles. The van der Waals surface area contributed by atoms with E-state index in [9.17, 15) is 12.6 Å². The summed E-state index contributed by atoms with van der Waals surface area (Å²) >= 11 is 0. The summed E-state index contributed by atoms with van der Waals surface area (Å²) in [5.74, 6) is 2.15. The van der Waals surface area contributed by atoms with E-state index in [0.29, 0.717) is 18.1 Å². The SMILES string of the molecule is CCS(=O)(=O)CCCS(=O)CC1CNC1. The van der Waals surface area contributed by atoms with Gasteiger partial charge in [0.1, 0.15) is 9.84 Å². The second kappa shape index (κ2) is 5.96. The number of hydrogen-bond donors (Lipinski definition) is 1. The first-order chi connectivity index (χ1) is 7.03. The first kappa shape index (κ1) is 13.1. The molecule has 1 atom stereocenters. The second-order valence-electron chi connectivity index (χ2n) is 3.92. The molecule has 0 radical (unpaired) electrons. The summed E-state index contributed by atoms with van der Waals surface area (Å²) in [7, 11) is -3.72. The standard InChI is InChI=1S/C9H19NO3S2/c1-2-15(12,13)5-3-4-14(11)8-9-6-10-7-9/h9-10H,2-8H2,1H3. The molecule has 90 valence electrons. The number of rotatable bonds is 7.